The van der Waals surface area contributed by atoms with Crippen molar-refractivity contribution >= 4 is 38.2 Å². The van der Waals surface area contributed by atoms with Gasteiger partial charge in [-0.15, -0.1) is 0 Å². The Morgan fingerprint density at radius 3 is 2.13 bits per heavy atom. The van der Waals surface area contributed by atoms with E-state index in [-0.39, 0.29) is 5.41 Å². The quantitative estimate of drug-likeness (QED) is 0.175. The van der Waals surface area contributed by atoms with Crippen LogP contribution in [0.3, 0.4) is 0 Å². The van der Waals surface area contributed by atoms with Crippen molar-refractivity contribution in [3.05, 3.63) is 215 Å². The fraction of sp³-hybridized carbons (Fsp3) is 0.121. The molecule has 1 aromatic heterocycles. The smallest absolute Gasteiger partial charge is 0.0998 e. The monoisotopic (exact) mass is 766 g/mol. The highest BCUT2D eigenvalue weighted by Crippen LogP contribution is 2.52. The maximum atomic E-state index is 9.73. The topological polar surface area (TPSA) is 28.7 Å². The van der Waals surface area contributed by atoms with Crippen LogP contribution in [0.5, 0.6) is 0 Å². The number of nitrogens with zero attached hydrogens (tertiary/aromatic N) is 2. The maximum Gasteiger partial charge on any atom is 0.0998 e. The first-order chi connectivity index (χ1) is 29.5. The molecule has 12 rings (SSSR count). The maximum absolute atomic E-state index is 9.73. The summed E-state index contributed by atoms with van der Waals surface area (Å²) in [5, 5.41) is 14.3. The molecule has 1 unspecified atom stereocenters. The molecule has 0 saturated carbocycles. The average Bonchev–Trinajstić information content (AvgIpc) is 3.75. The molecule has 3 aliphatic rings. The summed E-state index contributed by atoms with van der Waals surface area (Å²) >= 11 is 0. The van der Waals surface area contributed by atoms with Crippen LogP contribution in [0.2, 0.25) is 0 Å². The first-order valence-corrected chi connectivity index (χ1v) is 21.3. The van der Waals surface area contributed by atoms with Gasteiger partial charge in [0.05, 0.1) is 22.7 Å². The molecule has 2 nitrogen and oxygen atoms in total. The molecule has 1 heterocycles. The van der Waals surface area contributed by atoms with Gasteiger partial charge in [0.2, 0.25) is 0 Å². The van der Waals surface area contributed by atoms with Crippen molar-refractivity contribution in [1.29, 1.82) is 5.26 Å². The van der Waals surface area contributed by atoms with Crippen molar-refractivity contribution in [2.45, 2.75) is 44.4 Å². The SMILES string of the molecule is CC1(C)c2ccccc2-c2ccc(C3Cc4ccc(-c5ccc6c(c5)c5ccccc5n6-c5ccc(-c6ccc(C#N)c7ccccc67)cc5)cc4C4=C3CCC=C4)cc21. The molecule has 0 N–H and O–H groups in total. The Morgan fingerprint density at radius 2 is 1.27 bits per heavy atom. The summed E-state index contributed by atoms with van der Waals surface area (Å²) in [6.07, 6.45) is 8.02. The zero-order valence-electron chi connectivity index (χ0n) is 33.8. The van der Waals surface area contributed by atoms with Gasteiger partial charge in [0.15, 0.2) is 0 Å². The number of benzene rings is 8. The van der Waals surface area contributed by atoms with Gasteiger partial charge in [0.25, 0.3) is 0 Å². The molecule has 8 aromatic carbocycles. The van der Waals surface area contributed by atoms with Crippen molar-refractivity contribution in [3.63, 3.8) is 0 Å². The number of rotatable bonds is 4. The van der Waals surface area contributed by atoms with Crippen molar-refractivity contribution in [2.75, 3.05) is 0 Å². The Bertz CT molecular complexity index is 3380. The zero-order valence-corrected chi connectivity index (χ0v) is 33.8. The first-order valence-electron chi connectivity index (χ1n) is 21.3. The van der Waals surface area contributed by atoms with Crippen LogP contribution in [0.1, 0.15) is 66.0 Å². The zero-order chi connectivity index (χ0) is 40.1. The standard InChI is InChI=1S/C58H42N2/c1-58(2)54-17-9-7-15-48(54)49-29-23-40(34-55(49)58)52-33-39-20-19-37(31-51(39)46-13-5-6-14-47(46)52)38-25-30-57-53(32-38)50-16-8-10-18-56(50)60(57)42-26-21-36(22-27-42)44-28-24-41(35-59)43-11-3-4-12-45(43)44/h3-5,7-13,15-32,34,52H,6,14,33H2,1-2H3. The van der Waals surface area contributed by atoms with Crippen LogP contribution >= 0.6 is 0 Å². The van der Waals surface area contributed by atoms with Crippen molar-refractivity contribution in [3.8, 4) is 45.1 Å². The van der Waals surface area contributed by atoms with Gasteiger partial charge in [-0.1, -0.05) is 153 Å². The number of nitriles is 1. The van der Waals surface area contributed by atoms with Crippen LogP contribution in [0.15, 0.2) is 182 Å². The first kappa shape index (κ1) is 34.8. The molecule has 3 aliphatic carbocycles. The van der Waals surface area contributed by atoms with E-state index in [2.05, 4.69) is 176 Å². The second-order valence-electron chi connectivity index (χ2n) is 17.4. The van der Waals surface area contributed by atoms with E-state index in [1.807, 2.05) is 24.3 Å². The fourth-order valence-electron chi connectivity index (χ4n) is 11.0. The molecular weight excluding hydrogens is 725 g/mol. The summed E-state index contributed by atoms with van der Waals surface area (Å²) in [4.78, 5) is 0. The predicted molar refractivity (Wildman–Crippen MR) is 250 cm³/mol. The highest BCUT2D eigenvalue weighted by molar-refractivity contribution is 6.10. The molecule has 0 aliphatic heterocycles. The minimum Gasteiger partial charge on any atom is -0.309 e. The van der Waals surface area contributed by atoms with Crippen LogP contribution in [0.4, 0.5) is 0 Å². The third kappa shape index (κ3) is 5.12. The van der Waals surface area contributed by atoms with Crippen LogP contribution in [0, 0.1) is 11.3 Å². The third-order valence-corrected chi connectivity index (χ3v) is 14.0. The van der Waals surface area contributed by atoms with Crippen molar-refractivity contribution in [1.82, 2.24) is 4.57 Å². The van der Waals surface area contributed by atoms with E-state index < -0.39 is 0 Å². The van der Waals surface area contributed by atoms with Crippen LogP contribution in [-0.2, 0) is 11.8 Å². The number of fused-ring (bicyclic) bond motifs is 9. The van der Waals surface area contributed by atoms with E-state index in [4.69, 9.17) is 0 Å². The van der Waals surface area contributed by atoms with Gasteiger partial charge in [-0.3, -0.25) is 0 Å². The molecule has 0 fully saturated rings. The van der Waals surface area contributed by atoms with E-state index in [0.717, 1.165) is 46.8 Å². The highest BCUT2D eigenvalue weighted by atomic mass is 15.0. The molecule has 9 aromatic rings. The minimum atomic E-state index is -0.00595. The molecular formula is C58H42N2. The van der Waals surface area contributed by atoms with Gasteiger partial charge in [-0.2, -0.15) is 5.26 Å². The second-order valence-corrected chi connectivity index (χ2v) is 17.4. The lowest BCUT2D eigenvalue weighted by Gasteiger charge is -2.33. The van der Waals surface area contributed by atoms with E-state index in [0.29, 0.717) is 11.5 Å². The lowest BCUT2D eigenvalue weighted by Crippen LogP contribution is -2.18. The summed E-state index contributed by atoms with van der Waals surface area (Å²) in [7, 11) is 0. The highest BCUT2D eigenvalue weighted by Gasteiger charge is 2.37. The summed E-state index contributed by atoms with van der Waals surface area (Å²) in [5.74, 6) is 0.383. The van der Waals surface area contributed by atoms with Gasteiger partial charge in [0, 0.05) is 33.2 Å². The number of hydrogen-bond acceptors (Lipinski definition) is 1. The van der Waals surface area contributed by atoms with E-state index in [1.165, 1.54) is 77.5 Å². The molecule has 2 heteroatoms. The Balaban J connectivity index is 0.912. The Morgan fingerprint density at radius 1 is 0.567 bits per heavy atom. The summed E-state index contributed by atoms with van der Waals surface area (Å²) in [5.41, 5.74) is 21.9. The van der Waals surface area contributed by atoms with E-state index in [1.54, 1.807) is 5.57 Å². The van der Waals surface area contributed by atoms with Crippen molar-refractivity contribution in [2.24, 2.45) is 0 Å². The predicted octanol–water partition coefficient (Wildman–Crippen LogP) is 14.9. The summed E-state index contributed by atoms with van der Waals surface area (Å²) < 4.78 is 2.39. The van der Waals surface area contributed by atoms with Gasteiger partial charge in [-0.05, 0) is 134 Å². The number of allylic oxidation sites excluding steroid dienone is 4. The molecule has 0 radical (unpaired) electrons. The third-order valence-electron chi connectivity index (χ3n) is 14.0. The number of aromatic nitrogens is 1. The molecule has 0 spiro atoms. The van der Waals surface area contributed by atoms with Crippen LogP contribution in [-0.4, -0.2) is 4.57 Å². The summed E-state index contributed by atoms with van der Waals surface area (Å²) in [6.45, 7) is 4.78. The van der Waals surface area contributed by atoms with Crippen LogP contribution < -0.4 is 0 Å². The lowest BCUT2D eigenvalue weighted by atomic mass is 9.71. The molecule has 0 saturated heterocycles. The fourth-order valence-corrected chi connectivity index (χ4v) is 11.0. The molecule has 1 atom stereocenters. The number of hydrogen-bond donors (Lipinski definition) is 0. The van der Waals surface area contributed by atoms with E-state index >= 15 is 0 Å². The second kappa shape index (κ2) is 13.2. The normalized spacial score (nSPS) is 16.1. The largest absolute Gasteiger partial charge is 0.309 e. The van der Waals surface area contributed by atoms with Crippen molar-refractivity contribution < 1.29 is 0 Å². The van der Waals surface area contributed by atoms with Crippen LogP contribution in [0.25, 0.3) is 77.2 Å². The molecule has 60 heavy (non-hydrogen) atoms. The van der Waals surface area contributed by atoms with Gasteiger partial charge in [-0.25, -0.2) is 0 Å². The summed E-state index contributed by atoms with van der Waals surface area (Å²) in [6, 6.07) is 62.8. The lowest BCUT2D eigenvalue weighted by molar-refractivity contribution is 0.655. The number of para-hydroxylation sites is 1. The molecule has 0 bridgehead atoms. The van der Waals surface area contributed by atoms with Gasteiger partial charge < -0.3 is 4.57 Å². The Kier molecular flexibility index (Phi) is 7.63. The molecule has 0 amide bonds. The van der Waals surface area contributed by atoms with Gasteiger partial charge in [0.1, 0.15) is 0 Å². The van der Waals surface area contributed by atoms with E-state index in [9.17, 15) is 5.26 Å². The average molecular weight is 767 g/mol. The Hall–Kier alpha value is -7.21. The van der Waals surface area contributed by atoms with Gasteiger partial charge >= 0.3 is 0 Å². The minimum absolute atomic E-state index is 0.00595. The molecule has 284 valence electrons. The Labute approximate surface area is 351 Å².